The van der Waals surface area contributed by atoms with Crippen molar-refractivity contribution in [3.8, 4) is 0 Å². The molecule has 6 nitrogen and oxygen atoms in total. The molecule has 5 heterocycles. The first-order chi connectivity index (χ1) is 67.0. The van der Waals surface area contributed by atoms with Crippen molar-refractivity contribution in [2.24, 2.45) is 16.8 Å². The Morgan fingerprint density at radius 1 is 0.372 bits per heavy atom. The molecule has 4 saturated heterocycles. The van der Waals surface area contributed by atoms with Gasteiger partial charge in [0.15, 0.2) is 0 Å². The molecular formula is C131H148N6. The van der Waals surface area contributed by atoms with Crippen LogP contribution in [0.5, 0.6) is 0 Å². The van der Waals surface area contributed by atoms with Crippen molar-refractivity contribution in [2.75, 3.05) is 101 Å². The van der Waals surface area contributed by atoms with Crippen molar-refractivity contribution < 1.29 is 0 Å². The van der Waals surface area contributed by atoms with Crippen LogP contribution in [-0.2, 0) is 77.4 Å². The zero-order chi connectivity index (χ0) is 94.0. The number of rotatable bonds is 14. The summed E-state index contributed by atoms with van der Waals surface area (Å²) in [5.41, 5.74) is 35.9. The summed E-state index contributed by atoms with van der Waals surface area (Å²) in [6.07, 6.45) is 25.5. The van der Waals surface area contributed by atoms with E-state index in [1.165, 1.54) is 206 Å². The molecular weight excluding hydrogens is 1660 g/mol. The van der Waals surface area contributed by atoms with E-state index in [0.29, 0.717) is 17.9 Å². The highest BCUT2D eigenvalue weighted by Crippen LogP contribution is 2.60. The minimum absolute atomic E-state index is 0.121. The molecule has 0 amide bonds. The molecule has 13 aromatic carbocycles. The minimum Gasteiger partial charge on any atom is -0.309 e. The molecule has 11 aliphatic rings. The van der Waals surface area contributed by atoms with Crippen LogP contribution in [0.2, 0.25) is 0 Å². The summed E-state index contributed by atoms with van der Waals surface area (Å²) in [5, 5.41) is 0. The van der Waals surface area contributed by atoms with Gasteiger partial charge in [0, 0.05) is 64.7 Å². The van der Waals surface area contributed by atoms with Crippen LogP contribution in [-0.4, -0.2) is 131 Å². The van der Waals surface area contributed by atoms with Gasteiger partial charge in [0.1, 0.15) is 0 Å². The van der Waals surface area contributed by atoms with Crippen molar-refractivity contribution in [2.45, 2.75) is 193 Å². The summed E-state index contributed by atoms with van der Waals surface area (Å²) >= 11 is 0. The van der Waals surface area contributed by atoms with Gasteiger partial charge in [-0.2, -0.15) is 0 Å². The Bertz CT molecular complexity index is 6260. The second-order valence-corrected chi connectivity index (χ2v) is 43.1. The summed E-state index contributed by atoms with van der Waals surface area (Å²) < 4.78 is 0. The first-order valence-electron chi connectivity index (χ1n) is 52.3. The standard InChI is InChI=1S/C28H31N.C22H27N.C22H25N.C22H27N.C19H21N.C18H17N/c1-29-18-16-23(17-19-29)27-26-15-9-8-12-24(26)21-28(27,25-13-6-3-7-14-25)20-22-10-4-2-5-11-22;2*1-22(19-9-4-3-5-10-19)16-18-8-6-7-11-20(18)21(22)17-12-14-23(2)15-13-17;1-4-22(19-12-6-5-7-13-19)17-18-11-8-9-14-20(18)21(22)15-10-16-23(2)3;1-20-13-7-12-19(16-9-3-2-4-10-16)14-15-8-5-6-11-17(15)18(19)20;1-2-8-15(9-3-1)18-11-6-12-19-17(18)16-10-5-4-7-14(16)13-18/h2-15,23,27H,16-21H2,1H3;3-11,17,21H,12-16H2,1-2H3;3-11H,12-16H2,1-2H3;5-9,11-15H,4,10,16-17H2,1-3H3;2-6,8-11,18H,7,12-14H2,1H3;1-5,7-10H,6,11-13H2/b;;;21-15-;;. The van der Waals surface area contributed by atoms with Gasteiger partial charge in [-0.3, -0.25) is 9.89 Å². The van der Waals surface area contributed by atoms with Gasteiger partial charge in [0.05, 0.1) is 5.71 Å². The number of aliphatic imine (C=N–C) groups is 1. The SMILES string of the molecule is CCC1(c2ccccc2)Cc2ccccc2/C1=C/CCN(C)C.CN1CCC(=C2c3ccccc3CC2(C)c2ccccc2)CC1.CN1CCC(C2c3ccccc3CC2(C)c2ccccc2)CC1.CN1CCC(C2c3ccccc3CC2(Cc2ccccc2)c2ccccc2)CC1.CN1CCCC2(c3ccccc3)Cc3ccccc3C12.c1ccc(C23CCCN=C2c2ccccc2C3)cc1. The molecule has 0 saturated carbocycles. The molecule has 4 fully saturated rings. The van der Waals surface area contributed by atoms with Gasteiger partial charge in [-0.05, 0) is 338 Å². The molecule has 9 atom stereocenters. The number of likely N-dealkylation sites (tertiary alicyclic amines) is 4. The monoisotopic (exact) mass is 1810 g/mol. The third kappa shape index (κ3) is 19.4. The van der Waals surface area contributed by atoms with Crippen LogP contribution in [0, 0.1) is 11.8 Å². The first-order valence-corrected chi connectivity index (χ1v) is 52.3. The summed E-state index contributed by atoms with van der Waals surface area (Å²) in [7, 11) is 13.4. The number of allylic oxidation sites excluding steroid dienone is 2. The van der Waals surface area contributed by atoms with Crippen molar-refractivity contribution >= 4 is 16.9 Å². The fourth-order valence-corrected chi connectivity index (χ4v) is 27.8. The lowest BCUT2D eigenvalue weighted by Crippen LogP contribution is -2.45. The van der Waals surface area contributed by atoms with Crippen molar-refractivity contribution in [3.63, 3.8) is 0 Å². The van der Waals surface area contributed by atoms with Gasteiger partial charge in [0.25, 0.3) is 0 Å². The highest BCUT2D eigenvalue weighted by atomic mass is 15.2. The molecule has 0 spiro atoms. The second-order valence-electron chi connectivity index (χ2n) is 43.1. The van der Waals surface area contributed by atoms with E-state index in [-0.39, 0.29) is 32.5 Å². The van der Waals surface area contributed by atoms with E-state index in [1.807, 2.05) is 0 Å². The number of nitrogens with zero attached hydrogens (tertiary/aromatic N) is 6. The number of likely N-dealkylation sites (N-methyl/N-ethyl adjacent to an activating group) is 1. The smallest absolute Gasteiger partial charge is 0.0532 e. The van der Waals surface area contributed by atoms with Crippen molar-refractivity contribution in [1.29, 1.82) is 0 Å². The normalized spacial score (nSPS) is 25.6. The van der Waals surface area contributed by atoms with E-state index in [4.69, 9.17) is 4.99 Å². The third-order valence-electron chi connectivity index (χ3n) is 34.5. The molecule has 6 aliphatic carbocycles. The summed E-state index contributed by atoms with van der Waals surface area (Å²) in [6.45, 7) is 17.9. The van der Waals surface area contributed by atoms with Crippen LogP contribution < -0.4 is 0 Å². The average molecular weight is 1810 g/mol. The molecule has 9 unspecified atom stereocenters. The second kappa shape index (κ2) is 42.2. The van der Waals surface area contributed by atoms with E-state index in [9.17, 15) is 0 Å². The number of piperidine rings is 4. The Morgan fingerprint density at radius 2 is 0.810 bits per heavy atom. The molecule has 0 radical (unpaired) electrons. The van der Waals surface area contributed by atoms with Crippen LogP contribution in [0.1, 0.15) is 221 Å². The molecule has 5 aliphatic heterocycles. The maximum Gasteiger partial charge on any atom is 0.0532 e. The van der Waals surface area contributed by atoms with Gasteiger partial charge >= 0.3 is 0 Å². The Labute approximate surface area is 822 Å². The van der Waals surface area contributed by atoms with Crippen LogP contribution in [0.4, 0.5) is 0 Å². The van der Waals surface area contributed by atoms with Crippen LogP contribution >= 0.6 is 0 Å². The summed E-state index contributed by atoms with van der Waals surface area (Å²) in [4.78, 5) is 17.2. The Hall–Kier alpha value is -11.2. The zero-order valence-electron chi connectivity index (χ0n) is 83.5. The highest BCUT2D eigenvalue weighted by molar-refractivity contribution is 6.12. The minimum atomic E-state index is 0.121. The van der Waals surface area contributed by atoms with Gasteiger partial charge in [-0.25, -0.2) is 0 Å². The van der Waals surface area contributed by atoms with E-state index in [0.717, 1.165) is 69.9 Å². The molecule has 13 aromatic rings. The predicted octanol–water partition coefficient (Wildman–Crippen LogP) is 27.8. The van der Waals surface area contributed by atoms with Crippen molar-refractivity contribution in [3.05, 3.63) is 475 Å². The number of benzene rings is 13. The van der Waals surface area contributed by atoms with E-state index in [1.54, 1.807) is 44.5 Å². The van der Waals surface area contributed by atoms with Crippen LogP contribution in [0.25, 0.3) is 11.1 Å². The lowest BCUT2D eigenvalue weighted by Gasteiger charge is -2.46. The quantitative estimate of drug-likeness (QED) is 0.108. The molecule has 24 rings (SSSR count). The lowest BCUT2D eigenvalue weighted by atomic mass is 9.61. The lowest BCUT2D eigenvalue weighted by molar-refractivity contribution is 0.103. The third-order valence-corrected chi connectivity index (χ3v) is 34.5. The summed E-state index contributed by atoms with van der Waals surface area (Å²) in [6, 6.07) is 133. The Balaban J connectivity index is 0.000000106. The molecule has 0 N–H and O–H groups in total. The van der Waals surface area contributed by atoms with Gasteiger partial charge in [-0.1, -0.05) is 390 Å². The van der Waals surface area contributed by atoms with Crippen molar-refractivity contribution in [1.82, 2.24) is 24.5 Å². The van der Waals surface area contributed by atoms with E-state index in [2.05, 4.69) is 452 Å². The van der Waals surface area contributed by atoms with Crippen LogP contribution in [0.15, 0.2) is 375 Å². The maximum atomic E-state index is 4.90. The molecule has 6 heteroatoms. The largest absolute Gasteiger partial charge is 0.309 e. The fourth-order valence-electron chi connectivity index (χ4n) is 27.8. The van der Waals surface area contributed by atoms with E-state index < -0.39 is 0 Å². The number of hydrogen-bond acceptors (Lipinski definition) is 6. The average Bonchev–Trinajstić information content (AvgIpc) is 2.13. The van der Waals surface area contributed by atoms with Gasteiger partial charge < -0.3 is 19.6 Å². The summed E-state index contributed by atoms with van der Waals surface area (Å²) in [5.74, 6) is 2.81. The van der Waals surface area contributed by atoms with Gasteiger partial charge in [0.2, 0.25) is 0 Å². The predicted molar refractivity (Wildman–Crippen MR) is 577 cm³/mol. The molecule has 0 aromatic heterocycles. The first kappa shape index (κ1) is 94.8. The molecule has 0 bridgehead atoms. The van der Waals surface area contributed by atoms with Crippen LogP contribution in [0.3, 0.4) is 0 Å². The van der Waals surface area contributed by atoms with Gasteiger partial charge in [-0.15, -0.1) is 0 Å². The number of hydrogen-bond donors (Lipinski definition) is 0. The van der Waals surface area contributed by atoms with E-state index >= 15 is 0 Å². The molecule has 137 heavy (non-hydrogen) atoms. The number of fused-ring (bicyclic) bond motifs is 10. The maximum absolute atomic E-state index is 4.90. The molecule has 702 valence electrons. The fraction of sp³-hybridized carbons (Fsp3) is 0.366. The highest BCUT2D eigenvalue weighted by Gasteiger charge is 2.54. The Kier molecular flexibility index (Phi) is 29.2. The topological polar surface area (TPSA) is 28.6 Å². The Morgan fingerprint density at radius 3 is 1.38 bits per heavy atom. The zero-order valence-corrected chi connectivity index (χ0v) is 83.5.